The average molecular weight is 527 g/mol. The molecule has 0 saturated heterocycles. The van der Waals surface area contributed by atoms with Gasteiger partial charge in [-0.1, -0.05) is 70.4 Å². The summed E-state index contributed by atoms with van der Waals surface area (Å²) in [5, 5.41) is 27.0. The number of allylic oxidation sites excluding steroid dienone is 1. The van der Waals surface area contributed by atoms with Crippen molar-refractivity contribution in [2.75, 3.05) is 26.2 Å². The highest BCUT2D eigenvalue weighted by molar-refractivity contribution is 5.67. The van der Waals surface area contributed by atoms with Gasteiger partial charge < -0.3 is 19.8 Å². The summed E-state index contributed by atoms with van der Waals surface area (Å²) >= 11 is 0. The van der Waals surface area contributed by atoms with Crippen LogP contribution in [0, 0.1) is 0 Å². The van der Waals surface area contributed by atoms with Crippen LogP contribution in [0.5, 0.6) is 0 Å². The zero-order chi connectivity index (χ0) is 27.6. The van der Waals surface area contributed by atoms with Crippen molar-refractivity contribution in [1.82, 2.24) is 0 Å². The number of hydrogen-bond donors (Lipinski definition) is 3. The first-order chi connectivity index (χ1) is 17.8. The van der Waals surface area contributed by atoms with E-state index in [0.29, 0.717) is 19.3 Å². The number of rotatable bonds is 28. The van der Waals surface area contributed by atoms with Crippen LogP contribution in [0.2, 0.25) is 0 Å². The Morgan fingerprint density at radius 3 is 1.27 bits per heavy atom. The Morgan fingerprint density at radius 1 is 0.486 bits per heavy atom. The minimum atomic E-state index is -0.777. The van der Waals surface area contributed by atoms with Crippen LogP contribution >= 0.6 is 0 Å². The van der Waals surface area contributed by atoms with Gasteiger partial charge in [-0.2, -0.15) is 0 Å². The first-order valence-corrected chi connectivity index (χ1v) is 15.0. The summed E-state index contributed by atoms with van der Waals surface area (Å²) in [5.74, 6) is -2.33. The predicted octanol–water partition coefficient (Wildman–Crippen LogP) is 7.44. The highest BCUT2D eigenvalue weighted by Crippen LogP contribution is 2.18. The van der Waals surface area contributed by atoms with Crippen LogP contribution in [-0.2, 0) is 14.4 Å². The van der Waals surface area contributed by atoms with Gasteiger partial charge in [-0.25, -0.2) is 0 Å². The number of hydrogen-bond acceptors (Lipinski definition) is 3. The van der Waals surface area contributed by atoms with E-state index in [1.54, 1.807) is 0 Å². The quantitative estimate of drug-likeness (QED) is 0.0555. The zero-order valence-electron chi connectivity index (χ0n) is 23.6. The van der Waals surface area contributed by atoms with Crippen molar-refractivity contribution in [2.45, 2.75) is 135 Å². The van der Waals surface area contributed by atoms with Crippen molar-refractivity contribution < 1.29 is 34.2 Å². The fraction of sp³-hybridized carbons (Fsp3) is 0.833. The van der Waals surface area contributed by atoms with Gasteiger partial charge in [0.25, 0.3) is 0 Å². The molecule has 0 radical (unpaired) electrons. The number of carbonyl (C=O) groups is 3. The Balaban J connectivity index is 4.68. The summed E-state index contributed by atoms with van der Waals surface area (Å²) < 4.78 is 0.821. The third kappa shape index (κ3) is 24.2. The van der Waals surface area contributed by atoms with E-state index >= 15 is 0 Å². The van der Waals surface area contributed by atoms with E-state index in [9.17, 15) is 14.4 Å². The van der Waals surface area contributed by atoms with E-state index in [1.807, 2.05) is 0 Å². The van der Waals surface area contributed by atoms with Crippen LogP contribution in [0.25, 0.3) is 0 Å². The second-order valence-electron chi connectivity index (χ2n) is 10.7. The fourth-order valence-electron chi connectivity index (χ4n) is 5.00. The number of carboxylic acid groups (broad SMARTS) is 3. The van der Waals surface area contributed by atoms with Crippen LogP contribution in [0.15, 0.2) is 12.2 Å². The minimum Gasteiger partial charge on any atom is -0.481 e. The molecule has 0 aromatic rings. The molecule has 0 unspecified atom stereocenters. The zero-order valence-corrected chi connectivity index (χ0v) is 23.6. The van der Waals surface area contributed by atoms with Gasteiger partial charge in [0.1, 0.15) is 0 Å². The van der Waals surface area contributed by atoms with Gasteiger partial charge in [-0.05, 0) is 51.4 Å². The second-order valence-corrected chi connectivity index (χ2v) is 10.7. The van der Waals surface area contributed by atoms with Gasteiger partial charge in [0.15, 0.2) is 0 Å². The molecule has 0 atom stereocenters. The molecule has 0 aromatic carbocycles. The average Bonchev–Trinajstić information content (AvgIpc) is 2.84. The molecule has 0 aliphatic heterocycles. The summed E-state index contributed by atoms with van der Waals surface area (Å²) in [6.45, 7) is 5.76. The number of quaternary nitrogens is 1. The van der Waals surface area contributed by atoms with Gasteiger partial charge in [-0.3, -0.25) is 14.4 Å². The molecule has 216 valence electrons. The molecule has 0 aromatic heterocycles. The third-order valence-corrected chi connectivity index (χ3v) is 7.23. The maximum absolute atomic E-state index is 11.0. The number of nitrogens with zero attached hydrogens (tertiary/aromatic N) is 1. The molecule has 0 bridgehead atoms. The summed E-state index contributed by atoms with van der Waals surface area (Å²) in [7, 11) is 0. The molecular weight excluding hydrogens is 470 g/mol. The highest BCUT2D eigenvalue weighted by Gasteiger charge is 2.26. The minimum absolute atomic E-state index is 0.163. The lowest BCUT2D eigenvalue weighted by atomic mass is 10.1. The monoisotopic (exact) mass is 526 g/mol. The lowest BCUT2D eigenvalue weighted by molar-refractivity contribution is -0.928. The molecular formula is C30H56NO6+. The van der Waals surface area contributed by atoms with Crippen molar-refractivity contribution in [2.24, 2.45) is 0 Å². The highest BCUT2D eigenvalue weighted by atomic mass is 16.4. The molecule has 7 nitrogen and oxygen atoms in total. The fourth-order valence-corrected chi connectivity index (χ4v) is 5.00. The maximum atomic E-state index is 11.0. The SMILES string of the molecule is CCCCCCCCCCC/C=C/CC[N+](CCCCC(=O)O)(CCCCC(=O)O)CCCCC(=O)O. The molecule has 7 heteroatoms. The van der Waals surface area contributed by atoms with E-state index in [4.69, 9.17) is 15.3 Å². The van der Waals surface area contributed by atoms with Crippen LogP contribution < -0.4 is 0 Å². The van der Waals surface area contributed by atoms with E-state index in [1.165, 1.54) is 57.8 Å². The number of unbranched alkanes of at least 4 members (excludes halogenated alkanes) is 12. The van der Waals surface area contributed by atoms with Crippen molar-refractivity contribution in [3.05, 3.63) is 12.2 Å². The van der Waals surface area contributed by atoms with E-state index in [2.05, 4.69) is 19.1 Å². The maximum Gasteiger partial charge on any atom is 0.303 e. The number of aliphatic carboxylic acids is 3. The summed E-state index contributed by atoms with van der Waals surface area (Å²) in [4.78, 5) is 32.9. The molecule has 0 amide bonds. The Hall–Kier alpha value is -1.89. The molecule has 0 fully saturated rings. The molecule has 0 heterocycles. The topological polar surface area (TPSA) is 112 Å². The molecule has 3 N–H and O–H groups in total. The lowest BCUT2D eigenvalue weighted by Crippen LogP contribution is -2.50. The Kier molecular flexibility index (Phi) is 23.2. The van der Waals surface area contributed by atoms with Crippen molar-refractivity contribution in [3.8, 4) is 0 Å². The van der Waals surface area contributed by atoms with Gasteiger partial charge in [0.2, 0.25) is 0 Å². The summed E-state index contributed by atoms with van der Waals surface area (Å²) in [6, 6.07) is 0. The second kappa shape index (κ2) is 24.4. The first-order valence-electron chi connectivity index (χ1n) is 15.0. The van der Waals surface area contributed by atoms with E-state index in [0.717, 1.165) is 62.8 Å². The van der Waals surface area contributed by atoms with Crippen LogP contribution in [-0.4, -0.2) is 63.9 Å². The molecule has 0 rings (SSSR count). The predicted molar refractivity (Wildman–Crippen MR) is 150 cm³/mol. The summed E-state index contributed by atoms with van der Waals surface area (Å²) in [6.07, 6.45) is 23.4. The summed E-state index contributed by atoms with van der Waals surface area (Å²) in [5.41, 5.74) is 0. The van der Waals surface area contributed by atoms with Gasteiger partial charge in [0.05, 0.1) is 26.2 Å². The Bertz CT molecular complexity index is 564. The van der Waals surface area contributed by atoms with Crippen molar-refractivity contribution in [3.63, 3.8) is 0 Å². The van der Waals surface area contributed by atoms with Crippen LogP contribution in [0.4, 0.5) is 0 Å². The smallest absolute Gasteiger partial charge is 0.303 e. The van der Waals surface area contributed by atoms with Gasteiger partial charge in [-0.15, -0.1) is 0 Å². The van der Waals surface area contributed by atoms with Crippen molar-refractivity contribution >= 4 is 17.9 Å². The standard InChI is InChI=1S/C30H55NO6/c1-2-3-4-5-6-7-8-9-10-11-12-13-17-24-31(25-18-14-21-28(32)33,26-19-15-22-29(34)35)27-20-16-23-30(36)37/h12-13H,2-11,14-27H2,1H3,(H2-,32,33,34,35,36,37)/p+1/b13-12+. The normalized spacial score (nSPS) is 11.8. The van der Waals surface area contributed by atoms with Crippen LogP contribution in [0.1, 0.15) is 135 Å². The molecule has 0 spiro atoms. The molecule has 0 aliphatic rings. The largest absolute Gasteiger partial charge is 0.481 e. The van der Waals surface area contributed by atoms with E-state index < -0.39 is 17.9 Å². The molecule has 0 saturated carbocycles. The van der Waals surface area contributed by atoms with Crippen LogP contribution in [0.3, 0.4) is 0 Å². The van der Waals surface area contributed by atoms with Gasteiger partial charge >= 0.3 is 17.9 Å². The first kappa shape index (κ1) is 35.1. The number of carboxylic acids is 3. The third-order valence-electron chi connectivity index (χ3n) is 7.23. The van der Waals surface area contributed by atoms with Gasteiger partial charge in [0, 0.05) is 25.7 Å². The molecule has 0 aliphatic carbocycles. The lowest BCUT2D eigenvalue weighted by Gasteiger charge is -2.39. The van der Waals surface area contributed by atoms with E-state index in [-0.39, 0.29) is 19.3 Å². The molecule has 37 heavy (non-hydrogen) atoms. The Morgan fingerprint density at radius 2 is 0.865 bits per heavy atom. The Labute approximate surface area is 225 Å². The van der Waals surface area contributed by atoms with Crippen molar-refractivity contribution in [1.29, 1.82) is 0 Å².